The first-order valence-corrected chi connectivity index (χ1v) is 10.4. The third-order valence-electron chi connectivity index (χ3n) is 5.28. The van der Waals surface area contributed by atoms with E-state index in [4.69, 9.17) is 4.74 Å². The molecule has 0 bridgehead atoms. The number of amides is 3. The van der Waals surface area contributed by atoms with Crippen molar-refractivity contribution in [2.24, 2.45) is 5.92 Å². The molecule has 2 heterocycles. The van der Waals surface area contributed by atoms with Crippen LogP contribution < -0.4 is 15.4 Å². The van der Waals surface area contributed by atoms with E-state index in [0.29, 0.717) is 25.9 Å². The van der Waals surface area contributed by atoms with Crippen LogP contribution in [0.2, 0.25) is 0 Å². The third-order valence-corrected chi connectivity index (χ3v) is 5.28. The predicted molar refractivity (Wildman–Crippen MR) is 115 cm³/mol. The van der Waals surface area contributed by atoms with Crippen LogP contribution in [0, 0.1) is 5.92 Å². The van der Waals surface area contributed by atoms with Gasteiger partial charge in [-0.1, -0.05) is 18.2 Å². The van der Waals surface area contributed by atoms with Gasteiger partial charge in [0.15, 0.2) is 0 Å². The van der Waals surface area contributed by atoms with Gasteiger partial charge in [-0.3, -0.25) is 9.78 Å². The molecule has 160 valence electrons. The minimum atomic E-state index is -0.341. The molecule has 7 nitrogen and oxygen atoms in total. The Kier molecular flexibility index (Phi) is 7.27. The van der Waals surface area contributed by atoms with Crippen LogP contribution in [-0.2, 0) is 4.79 Å². The molecule has 0 spiro atoms. The van der Waals surface area contributed by atoms with Crippen molar-refractivity contribution in [1.82, 2.24) is 20.5 Å². The Balaban J connectivity index is 1.67. The van der Waals surface area contributed by atoms with Gasteiger partial charge in [-0.2, -0.15) is 0 Å². The third kappa shape index (κ3) is 5.49. The van der Waals surface area contributed by atoms with E-state index >= 15 is 0 Å². The second-order valence-electron chi connectivity index (χ2n) is 7.83. The number of likely N-dealkylation sites (tertiary alicyclic amines) is 1. The van der Waals surface area contributed by atoms with E-state index < -0.39 is 0 Å². The Morgan fingerprint density at radius 3 is 2.33 bits per heavy atom. The molecule has 0 radical (unpaired) electrons. The summed E-state index contributed by atoms with van der Waals surface area (Å²) in [6.07, 6.45) is 3.02. The molecule has 2 aromatic rings. The van der Waals surface area contributed by atoms with Gasteiger partial charge in [-0.15, -0.1) is 0 Å². The van der Waals surface area contributed by atoms with Gasteiger partial charge in [0.25, 0.3) is 0 Å². The predicted octanol–water partition coefficient (Wildman–Crippen LogP) is 3.13. The largest absolute Gasteiger partial charge is 0.497 e. The number of ether oxygens (including phenoxy) is 1. The fourth-order valence-corrected chi connectivity index (χ4v) is 3.61. The molecule has 1 fully saturated rings. The number of carbonyl (C=O) groups is 2. The highest BCUT2D eigenvalue weighted by atomic mass is 16.5. The van der Waals surface area contributed by atoms with E-state index in [2.05, 4.69) is 15.6 Å². The van der Waals surface area contributed by atoms with Crippen LogP contribution in [0.15, 0.2) is 48.7 Å². The molecular formula is C23H30N4O3. The topological polar surface area (TPSA) is 83.6 Å². The maximum atomic E-state index is 13.0. The van der Waals surface area contributed by atoms with Crippen LogP contribution in [0.4, 0.5) is 4.79 Å². The number of rotatable bonds is 6. The molecule has 1 saturated heterocycles. The molecule has 1 aliphatic rings. The van der Waals surface area contributed by atoms with Crippen LogP contribution >= 0.6 is 0 Å². The van der Waals surface area contributed by atoms with Gasteiger partial charge in [0, 0.05) is 31.2 Å². The standard InChI is InChI=1S/C23H30N4O3/c1-16(2)25-23(29)27-14-11-18(12-15-27)22(28)26-21(20-6-4-5-13-24-20)17-7-9-19(30-3)10-8-17/h4-10,13,16,18,21H,11-12,14-15H2,1-3H3,(H,25,29)(H,26,28). The van der Waals surface area contributed by atoms with Crippen molar-refractivity contribution in [2.45, 2.75) is 38.8 Å². The van der Waals surface area contributed by atoms with Gasteiger partial charge in [0.1, 0.15) is 5.75 Å². The van der Waals surface area contributed by atoms with Gasteiger partial charge >= 0.3 is 6.03 Å². The van der Waals surface area contributed by atoms with E-state index in [9.17, 15) is 9.59 Å². The van der Waals surface area contributed by atoms with E-state index in [-0.39, 0.29) is 29.9 Å². The highest BCUT2D eigenvalue weighted by Crippen LogP contribution is 2.25. The molecule has 1 aliphatic heterocycles. The van der Waals surface area contributed by atoms with Crippen LogP contribution in [0.3, 0.4) is 0 Å². The summed E-state index contributed by atoms with van der Waals surface area (Å²) in [5.41, 5.74) is 1.72. The summed E-state index contributed by atoms with van der Waals surface area (Å²) in [7, 11) is 1.63. The summed E-state index contributed by atoms with van der Waals surface area (Å²) in [5, 5.41) is 6.08. The summed E-state index contributed by atoms with van der Waals surface area (Å²) >= 11 is 0. The number of methoxy groups -OCH3 is 1. The average Bonchev–Trinajstić information content (AvgIpc) is 2.77. The monoisotopic (exact) mass is 410 g/mol. The van der Waals surface area contributed by atoms with Crippen LogP contribution in [-0.4, -0.2) is 48.1 Å². The first-order chi connectivity index (χ1) is 14.5. The van der Waals surface area contributed by atoms with Crippen molar-refractivity contribution in [3.05, 3.63) is 59.9 Å². The van der Waals surface area contributed by atoms with Crippen molar-refractivity contribution in [3.63, 3.8) is 0 Å². The number of hydrogen-bond acceptors (Lipinski definition) is 4. The number of nitrogens with zero attached hydrogens (tertiary/aromatic N) is 2. The first kappa shape index (κ1) is 21.6. The van der Waals surface area contributed by atoms with E-state index in [0.717, 1.165) is 17.0 Å². The Labute approximate surface area is 177 Å². The van der Waals surface area contributed by atoms with Crippen molar-refractivity contribution in [2.75, 3.05) is 20.2 Å². The Bertz CT molecular complexity index is 831. The van der Waals surface area contributed by atoms with Gasteiger partial charge in [0.05, 0.1) is 18.8 Å². The quantitative estimate of drug-likeness (QED) is 0.766. The lowest BCUT2D eigenvalue weighted by molar-refractivity contribution is -0.126. The van der Waals surface area contributed by atoms with Gasteiger partial charge in [-0.05, 0) is 56.5 Å². The molecule has 0 saturated carbocycles. The van der Waals surface area contributed by atoms with Crippen molar-refractivity contribution in [3.8, 4) is 5.75 Å². The molecule has 30 heavy (non-hydrogen) atoms. The molecular weight excluding hydrogens is 380 g/mol. The van der Waals surface area contributed by atoms with Gasteiger partial charge in [-0.25, -0.2) is 4.79 Å². The number of hydrogen-bond donors (Lipinski definition) is 2. The zero-order valence-corrected chi connectivity index (χ0v) is 17.8. The maximum absolute atomic E-state index is 13.0. The summed E-state index contributed by atoms with van der Waals surface area (Å²) in [5.74, 6) is 0.625. The van der Waals surface area contributed by atoms with E-state index in [1.165, 1.54) is 0 Å². The summed E-state index contributed by atoms with van der Waals surface area (Å²) in [6.45, 7) is 5.03. The van der Waals surface area contributed by atoms with Crippen LogP contribution in [0.1, 0.15) is 44.0 Å². The van der Waals surface area contributed by atoms with Crippen molar-refractivity contribution < 1.29 is 14.3 Å². The van der Waals surface area contributed by atoms with Crippen LogP contribution in [0.25, 0.3) is 0 Å². The molecule has 2 N–H and O–H groups in total. The number of aromatic nitrogens is 1. The average molecular weight is 411 g/mol. The summed E-state index contributed by atoms with van der Waals surface area (Å²) in [6, 6.07) is 13.0. The molecule has 3 amide bonds. The lowest BCUT2D eigenvalue weighted by Crippen LogP contribution is -2.48. The molecule has 1 atom stereocenters. The smallest absolute Gasteiger partial charge is 0.317 e. The maximum Gasteiger partial charge on any atom is 0.317 e. The number of benzene rings is 1. The second-order valence-corrected chi connectivity index (χ2v) is 7.83. The minimum Gasteiger partial charge on any atom is -0.497 e. The van der Waals surface area contributed by atoms with Gasteiger partial charge in [0.2, 0.25) is 5.91 Å². The number of piperidine rings is 1. The highest BCUT2D eigenvalue weighted by Gasteiger charge is 2.29. The molecule has 3 rings (SSSR count). The zero-order valence-electron chi connectivity index (χ0n) is 17.8. The van der Waals surface area contributed by atoms with E-state index in [1.54, 1.807) is 18.2 Å². The number of pyridine rings is 1. The van der Waals surface area contributed by atoms with E-state index in [1.807, 2.05) is 56.3 Å². The Morgan fingerprint density at radius 2 is 1.77 bits per heavy atom. The summed E-state index contributed by atoms with van der Waals surface area (Å²) in [4.78, 5) is 31.5. The second kappa shape index (κ2) is 10.1. The highest BCUT2D eigenvalue weighted by molar-refractivity contribution is 5.80. The fraction of sp³-hybridized carbons (Fsp3) is 0.435. The Morgan fingerprint density at radius 1 is 1.07 bits per heavy atom. The number of urea groups is 1. The van der Waals surface area contributed by atoms with Gasteiger partial charge < -0.3 is 20.3 Å². The van der Waals surface area contributed by atoms with Crippen molar-refractivity contribution >= 4 is 11.9 Å². The number of nitrogens with one attached hydrogen (secondary N) is 2. The molecule has 1 unspecified atom stereocenters. The lowest BCUT2D eigenvalue weighted by atomic mass is 9.94. The van der Waals surface area contributed by atoms with Crippen molar-refractivity contribution in [1.29, 1.82) is 0 Å². The first-order valence-electron chi connectivity index (χ1n) is 10.4. The lowest BCUT2D eigenvalue weighted by Gasteiger charge is -2.32. The summed E-state index contributed by atoms with van der Waals surface area (Å²) < 4.78 is 5.24. The molecule has 1 aromatic carbocycles. The Hall–Kier alpha value is -3.09. The fourth-order valence-electron chi connectivity index (χ4n) is 3.61. The SMILES string of the molecule is COc1ccc(C(NC(=O)C2CCN(C(=O)NC(C)C)CC2)c2ccccn2)cc1. The number of carbonyl (C=O) groups excluding carboxylic acids is 2. The normalized spacial score (nSPS) is 15.5. The molecule has 1 aromatic heterocycles. The molecule has 7 heteroatoms. The molecule has 0 aliphatic carbocycles. The zero-order chi connectivity index (χ0) is 21.5. The minimum absolute atomic E-state index is 0.00890. The van der Waals surface area contributed by atoms with Crippen LogP contribution in [0.5, 0.6) is 5.75 Å².